The molecule has 16 heavy (non-hydrogen) atoms. The molecule has 0 aliphatic carbocycles. The quantitative estimate of drug-likeness (QED) is 0.291. The molecule has 0 aliphatic rings. The van der Waals surface area contributed by atoms with E-state index in [1.54, 1.807) is 12.1 Å². The zero-order valence-corrected chi connectivity index (χ0v) is 8.48. The molecule has 0 unspecified atom stereocenters. The third-order valence-corrected chi connectivity index (χ3v) is 1.86. The molecular formula is C10H10N2O4. The second-order valence-corrected chi connectivity index (χ2v) is 3.00. The molecule has 0 spiro atoms. The number of anilines is 1. The van der Waals surface area contributed by atoms with Crippen LogP contribution in [0.1, 0.15) is 17.3 Å². The minimum Gasteiger partial charge on any atom is -0.317 e. The third-order valence-electron chi connectivity index (χ3n) is 1.86. The second kappa shape index (κ2) is 5.04. The monoisotopic (exact) mass is 222 g/mol. The molecule has 0 radical (unpaired) electrons. The van der Waals surface area contributed by atoms with Gasteiger partial charge in [0.25, 0.3) is 0 Å². The van der Waals surface area contributed by atoms with Crippen molar-refractivity contribution < 1.29 is 19.6 Å². The summed E-state index contributed by atoms with van der Waals surface area (Å²) in [6, 6.07) is 6.26. The van der Waals surface area contributed by atoms with Gasteiger partial charge in [-0.25, -0.2) is 5.48 Å². The fourth-order valence-corrected chi connectivity index (χ4v) is 1.13. The summed E-state index contributed by atoms with van der Waals surface area (Å²) in [5, 5.41) is 10.4. The molecule has 0 heterocycles. The standard InChI is InChI=1S/C10H10N2O4/c1-6(13)7-4-2-3-5-8(7)11-9(14)10(15)12-16/h2-5,16H,1H3,(H,11,14)(H,12,15). The van der Waals surface area contributed by atoms with Crippen LogP contribution in [0, 0.1) is 0 Å². The van der Waals surface area contributed by atoms with Gasteiger partial charge in [-0.05, 0) is 19.1 Å². The SMILES string of the molecule is CC(=O)c1ccccc1NC(=O)C(=O)NO. The van der Waals surface area contributed by atoms with Crippen molar-refractivity contribution in [1.82, 2.24) is 5.48 Å². The topological polar surface area (TPSA) is 95.5 Å². The van der Waals surface area contributed by atoms with E-state index < -0.39 is 11.8 Å². The first kappa shape index (κ1) is 11.9. The van der Waals surface area contributed by atoms with Crippen LogP contribution < -0.4 is 10.8 Å². The number of hydrogen-bond acceptors (Lipinski definition) is 4. The second-order valence-electron chi connectivity index (χ2n) is 3.00. The number of Topliss-reactive ketones (excluding diaryl/α,β-unsaturated/α-hetero) is 1. The first-order valence-electron chi connectivity index (χ1n) is 4.41. The maximum atomic E-state index is 11.2. The minimum absolute atomic E-state index is 0.226. The molecular weight excluding hydrogens is 212 g/mol. The summed E-state index contributed by atoms with van der Waals surface area (Å²) in [5.41, 5.74) is 1.72. The Bertz CT molecular complexity index is 442. The van der Waals surface area contributed by atoms with Gasteiger partial charge in [0, 0.05) is 5.56 Å². The van der Waals surface area contributed by atoms with Crippen molar-refractivity contribution in [2.45, 2.75) is 6.92 Å². The van der Waals surface area contributed by atoms with E-state index in [4.69, 9.17) is 5.21 Å². The molecule has 6 heteroatoms. The molecule has 0 bridgehead atoms. The first-order valence-corrected chi connectivity index (χ1v) is 4.41. The van der Waals surface area contributed by atoms with E-state index in [2.05, 4.69) is 5.32 Å². The summed E-state index contributed by atoms with van der Waals surface area (Å²) in [6.07, 6.45) is 0. The predicted octanol–water partition coefficient (Wildman–Crippen LogP) is 0.333. The first-order chi connectivity index (χ1) is 7.56. The Hall–Kier alpha value is -2.21. The number of para-hydroxylation sites is 1. The Labute approximate surface area is 91.2 Å². The summed E-state index contributed by atoms with van der Waals surface area (Å²) in [4.78, 5) is 33.0. The Morgan fingerprint density at radius 2 is 1.75 bits per heavy atom. The van der Waals surface area contributed by atoms with Gasteiger partial charge >= 0.3 is 11.8 Å². The number of rotatable bonds is 2. The Morgan fingerprint density at radius 3 is 2.31 bits per heavy atom. The predicted molar refractivity (Wildman–Crippen MR) is 55.0 cm³/mol. The Morgan fingerprint density at radius 1 is 1.12 bits per heavy atom. The normalized spacial score (nSPS) is 9.38. The molecule has 84 valence electrons. The molecule has 3 N–H and O–H groups in total. The zero-order chi connectivity index (χ0) is 12.1. The van der Waals surface area contributed by atoms with E-state index in [-0.39, 0.29) is 11.5 Å². The van der Waals surface area contributed by atoms with Crippen molar-refractivity contribution in [3.63, 3.8) is 0 Å². The van der Waals surface area contributed by atoms with Gasteiger partial charge in [-0.1, -0.05) is 12.1 Å². The lowest BCUT2D eigenvalue weighted by Crippen LogP contribution is -2.33. The fourth-order valence-electron chi connectivity index (χ4n) is 1.13. The Balaban J connectivity index is 2.93. The van der Waals surface area contributed by atoms with Gasteiger partial charge in [-0.15, -0.1) is 0 Å². The number of carbonyl (C=O) groups excluding carboxylic acids is 3. The highest BCUT2D eigenvalue weighted by atomic mass is 16.5. The van der Waals surface area contributed by atoms with Crippen molar-refractivity contribution in [3.05, 3.63) is 29.8 Å². The van der Waals surface area contributed by atoms with E-state index in [1.165, 1.54) is 24.5 Å². The number of benzene rings is 1. The number of hydrogen-bond donors (Lipinski definition) is 3. The fraction of sp³-hybridized carbons (Fsp3) is 0.100. The molecule has 0 aromatic heterocycles. The van der Waals surface area contributed by atoms with E-state index in [1.807, 2.05) is 0 Å². The summed E-state index contributed by atoms with van der Waals surface area (Å²) in [5.74, 6) is -2.48. The maximum Gasteiger partial charge on any atom is 0.332 e. The molecule has 1 rings (SSSR count). The summed E-state index contributed by atoms with van der Waals surface area (Å²) < 4.78 is 0. The van der Waals surface area contributed by atoms with Gasteiger partial charge in [0.05, 0.1) is 5.69 Å². The molecule has 0 atom stereocenters. The van der Waals surface area contributed by atoms with Crippen molar-refractivity contribution in [2.24, 2.45) is 0 Å². The largest absolute Gasteiger partial charge is 0.332 e. The van der Waals surface area contributed by atoms with E-state index in [0.29, 0.717) is 5.56 Å². The van der Waals surface area contributed by atoms with E-state index in [9.17, 15) is 14.4 Å². The number of amides is 2. The smallest absolute Gasteiger partial charge is 0.317 e. The zero-order valence-electron chi connectivity index (χ0n) is 8.48. The third kappa shape index (κ3) is 2.64. The molecule has 2 amide bonds. The lowest BCUT2D eigenvalue weighted by molar-refractivity contribution is -0.141. The van der Waals surface area contributed by atoms with Crippen LogP contribution in [-0.2, 0) is 9.59 Å². The highest BCUT2D eigenvalue weighted by Gasteiger charge is 2.15. The molecule has 0 fully saturated rings. The van der Waals surface area contributed by atoms with E-state index in [0.717, 1.165) is 0 Å². The highest BCUT2D eigenvalue weighted by Crippen LogP contribution is 2.15. The summed E-state index contributed by atoms with van der Waals surface area (Å²) in [6.45, 7) is 1.34. The number of nitrogens with one attached hydrogen (secondary N) is 2. The molecule has 0 aliphatic heterocycles. The lowest BCUT2D eigenvalue weighted by Gasteiger charge is -2.07. The van der Waals surface area contributed by atoms with Crippen LogP contribution in [0.25, 0.3) is 0 Å². The van der Waals surface area contributed by atoms with Gasteiger partial charge in [-0.3, -0.25) is 19.6 Å². The van der Waals surface area contributed by atoms with Gasteiger partial charge < -0.3 is 5.32 Å². The van der Waals surface area contributed by atoms with E-state index >= 15 is 0 Å². The lowest BCUT2D eigenvalue weighted by atomic mass is 10.1. The van der Waals surface area contributed by atoms with Crippen LogP contribution >= 0.6 is 0 Å². The molecule has 1 aromatic rings. The van der Waals surface area contributed by atoms with Crippen LogP contribution in [0.5, 0.6) is 0 Å². The average Bonchev–Trinajstić information content (AvgIpc) is 2.28. The summed E-state index contributed by atoms with van der Waals surface area (Å²) in [7, 11) is 0. The number of hydroxylamine groups is 1. The summed E-state index contributed by atoms with van der Waals surface area (Å²) >= 11 is 0. The molecule has 1 aromatic carbocycles. The van der Waals surface area contributed by atoms with Crippen LogP contribution in [0.2, 0.25) is 0 Å². The van der Waals surface area contributed by atoms with Gasteiger partial charge in [-0.2, -0.15) is 0 Å². The van der Waals surface area contributed by atoms with Crippen LogP contribution in [0.4, 0.5) is 5.69 Å². The van der Waals surface area contributed by atoms with Crippen molar-refractivity contribution in [3.8, 4) is 0 Å². The highest BCUT2D eigenvalue weighted by molar-refractivity contribution is 6.39. The van der Waals surface area contributed by atoms with Crippen LogP contribution in [0.3, 0.4) is 0 Å². The molecule has 0 saturated carbocycles. The minimum atomic E-state index is -1.20. The van der Waals surface area contributed by atoms with Crippen molar-refractivity contribution in [1.29, 1.82) is 0 Å². The van der Waals surface area contributed by atoms with Crippen molar-refractivity contribution >= 4 is 23.3 Å². The molecule has 0 saturated heterocycles. The Kier molecular flexibility index (Phi) is 3.73. The maximum absolute atomic E-state index is 11.2. The number of ketones is 1. The molecule has 6 nitrogen and oxygen atoms in total. The van der Waals surface area contributed by atoms with Crippen molar-refractivity contribution in [2.75, 3.05) is 5.32 Å². The average molecular weight is 222 g/mol. The van der Waals surface area contributed by atoms with Gasteiger partial charge in [0.15, 0.2) is 5.78 Å². The van der Waals surface area contributed by atoms with Gasteiger partial charge in [0.1, 0.15) is 0 Å². The number of carbonyl (C=O) groups is 3. The van der Waals surface area contributed by atoms with Crippen LogP contribution in [-0.4, -0.2) is 22.8 Å². The van der Waals surface area contributed by atoms with Gasteiger partial charge in [0.2, 0.25) is 0 Å². The van der Waals surface area contributed by atoms with Crippen LogP contribution in [0.15, 0.2) is 24.3 Å².